The van der Waals surface area contributed by atoms with Gasteiger partial charge in [0, 0.05) is 5.38 Å². The van der Waals surface area contributed by atoms with Gasteiger partial charge in [-0.1, -0.05) is 78.1 Å². The van der Waals surface area contributed by atoms with Crippen molar-refractivity contribution in [2.45, 2.75) is 104 Å². The Balaban J connectivity index is 2.01. The summed E-state index contributed by atoms with van der Waals surface area (Å²) in [6, 6.07) is 0. The Hall–Kier alpha value is -0.370. The Morgan fingerprint density at radius 3 is 1.86 bits per heavy atom. The molecule has 0 fully saturated rings. The monoisotopic (exact) mass is 309 g/mol. The molecule has 0 saturated carbocycles. The van der Waals surface area contributed by atoms with Crippen molar-refractivity contribution in [3.05, 3.63) is 16.1 Å². The van der Waals surface area contributed by atoms with E-state index in [1.807, 2.05) is 11.3 Å². The molecule has 0 saturated heterocycles. The Kier molecular flexibility index (Phi) is 11.8. The summed E-state index contributed by atoms with van der Waals surface area (Å²) in [5.74, 6) is 0. The molecule has 0 atom stereocenters. The molecule has 0 unspecified atom stereocenters. The molecule has 0 aliphatic carbocycles. The summed E-state index contributed by atoms with van der Waals surface area (Å²) in [7, 11) is 0. The van der Waals surface area contributed by atoms with Gasteiger partial charge in [0.05, 0.1) is 10.7 Å². The van der Waals surface area contributed by atoms with Crippen LogP contribution in [0.2, 0.25) is 0 Å². The molecule has 0 spiro atoms. The molecule has 0 bridgehead atoms. The second-order valence-electron chi connectivity index (χ2n) is 6.27. The maximum Gasteiger partial charge on any atom is 0.0928 e. The number of thiazole rings is 1. The molecule has 1 aromatic rings. The van der Waals surface area contributed by atoms with Crippen LogP contribution >= 0.6 is 11.3 Å². The molecule has 0 radical (unpaired) electrons. The lowest BCUT2D eigenvalue weighted by Crippen LogP contribution is -1.89. The van der Waals surface area contributed by atoms with E-state index in [1.165, 1.54) is 101 Å². The lowest BCUT2D eigenvalue weighted by Gasteiger charge is -2.00. The molecule has 21 heavy (non-hydrogen) atoms. The third-order valence-electron chi connectivity index (χ3n) is 4.13. The van der Waals surface area contributed by atoms with Gasteiger partial charge in [-0.25, -0.2) is 4.98 Å². The molecular weight excluding hydrogens is 274 g/mol. The van der Waals surface area contributed by atoms with Crippen molar-refractivity contribution in [1.82, 2.24) is 4.98 Å². The average molecular weight is 310 g/mol. The number of unbranched alkanes of at least 4 members (excludes halogenated alkanes) is 10. The van der Waals surface area contributed by atoms with E-state index in [4.69, 9.17) is 4.98 Å². The molecule has 2 heteroatoms. The van der Waals surface area contributed by atoms with Crippen molar-refractivity contribution in [1.29, 1.82) is 0 Å². The van der Waals surface area contributed by atoms with Crippen LogP contribution in [-0.4, -0.2) is 4.98 Å². The molecule has 1 heterocycles. The van der Waals surface area contributed by atoms with Gasteiger partial charge in [0.2, 0.25) is 0 Å². The first-order valence-electron chi connectivity index (χ1n) is 9.30. The number of rotatable bonds is 14. The number of hydrogen-bond acceptors (Lipinski definition) is 2. The number of nitrogens with zero attached hydrogens (tertiary/aromatic N) is 1. The summed E-state index contributed by atoms with van der Waals surface area (Å²) in [5, 5.41) is 3.66. The number of aromatic nitrogens is 1. The van der Waals surface area contributed by atoms with Crippen molar-refractivity contribution in [2.75, 3.05) is 0 Å². The topological polar surface area (TPSA) is 12.9 Å². The van der Waals surface area contributed by atoms with Crippen molar-refractivity contribution in [2.24, 2.45) is 0 Å². The van der Waals surface area contributed by atoms with Crippen LogP contribution in [0.15, 0.2) is 5.38 Å². The third-order valence-corrected chi connectivity index (χ3v) is 5.09. The van der Waals surface area contributed by atoms with Crippen molar-refractivity contribution in [3.8, 4) is 0 Å². The zero-order valence-corrected chi connectivity index (χ0v) is 15.1. The molecule has 0 aliphatic rings. The van der Waals surface area contributed by atoms with Gasteiger partial charge < -0.3 is 0 Å². The fourth-order valence-electron chi connectivity index (χ4n) is 2.72. The first-order chi connectivity index (χ1) is 10.4. The van der Waals surface area contributed by atoms with Crippen LogP contribution in [0.25, 0.3) is 0 Å². The molecular formula is C19H35NS. The number of hydrogen-bond donors (Lipinski definition) is 0. The van der Waals surface area contributed by atoms with Crippen LogP contribution in [0, 0.1) is 0 Å². The highest BCUT2D eigenvalue weighted by molar-refractivity contribution is 7.09. The second-order valence-corrected chi connectivity index (χ2v) is 7.21. The SMILES string of the molecule is CCCCCCCCc1csc(CCCCCCCC)n1. The van der Waals surface area contributed by atoms with Crippen LogP contribution in [0.1, 0.15) is 102 Å². The Morgan fingerprint density at radius 1 is 0.714 bits per heavy atom. The highest BCUT2D eigenvalue weighted by atomic mass is 32.1. The van der Waals surface area contributed by atoms with Crippen molar-refractivity contribution < 1.29 is 0 Å². The van der Waals surface area contributed by atoms with Gasteiger partial charge in [0.25, 0.3) is 0 Å². The van der Waals surface area contributed by atoms with Gasteiger partial charge in [-0.15, -0.1) is 11.3 Å². The summed E-state index contributed by atoms with van der Waals surface area (Å²) in [5.41, 5.74) is 1.34. The highest BCUT2D eigenvalue weighted by Crippen LogP contribution is 2.16. The van der Waals surface area contributed by atoms with Crippen molar-refractivity contribution >= 4 is 11.3 Å². The fraction of sp³-hybridized carbons (Fsp3) is 0.842. The van der Waals surface area contributed by atoms with E-state index in [0.717, 1.165) is 0 Å². The lowest BCUT2D eigenvalue weighted by atomic mass is 10.1. The minimum Gasteiger partial charge on any atom is -0.246 e. The third kappa shape index (κ3) is 10.1. The summed E-state index contributed by atoms with van der Waals surface area (Å²) in [4.78, 5) is 4.80. The van der Waals surface area contributed by atoms with Gasteiger partial charge in [0.1, 0.15) is 0 Å². The minimum atomic E-state index is 1.19. The molecule has 0 N–H and O–H groups in total. The largest absolute Gasteiger partial charge is 0.246 e. The van der Waals surface area contributed by atoms with Crippen LogP contribution in [0.3, 0.4) is 0 Å². The summed E-state index contributed by atoms with van der Waals surface area (Å²) < 4.78 is 0. The van der Waals surface area contributed by atoms with Crippen LogP contribution in [0.4, 0.5) is 0 Å². The zero-order chi connectivity index (χ0) is 15.2. The molecule has 1 rings (SSSR count). The van der Waals surface area contributed by atoms with E-state index >= 15 is 0 Å². The summed E-state index contributed by atoms with van der Waals surface area (Å²) in [6.07, 6.45) is 18.9. The molecule has 1 aromatic heterocycles. The molecule has 1 nitrogen and oxygen atoms in total. The quantitative estimate of drug-likeness (QED) is 0.339. The lowest BCUT2D eigenvalue weighted by molar-refractivity contribution is 0.601. The maximum absolute atomic E-state index is 4.80. The smallest absolute Gasteiger partial charge is 0.0928 e. The first kappa shape index (κ1) is 18.7. The minimum absolute atomic E-state index is 1.19. The Bertz CT molecular complexity index is 302. The van der Waals surface area contributed by atoms with Gasteiger partial charge >= 0.3 is 0 Å². The Morgan fingerprint density at radius 2 is 1.24 bits per heavy atom. The van der Waals surface area contributed by atoms with E-state index in [9.17, 15) is 0 Å². The van der Waals surface area contributed by atoms with Gasteiger partial charge in [-0.3, -0.25) is 0 Å². The van der Waals surface area contributed by atoms with E-state index in [1.54, 1.807) is 0 Å². The standard InChI is InChI=1S/C19H35NS/c1-3-5-7-9-11-13-15-18-17-21-19(20-18)16-14-12-10-8-6-4-2/h17H,3-16H2,1-2H3. The Labute approximate surface area is 136 Å². The summed E-state index contributed by atoms with van der Waals surface area (Å²) in [6.45, 7) is 4.56. The van der Waals surface area contributed by atoms with Crippen molar-refractivity contribution in [3.63, 3.8) is 0 Å². The maximum atomic E-state index is 4.80. The first-order valence-corrected chi connectivity index (χ1v) is 10.2. The van der Waals surface area contributed by atoms with Gasteiger partial charge in [-0.05, 0) is 25.7 Å². The number of aryl methyl sites for hydroxylation is 2. The summed E-state index contributed by atoms with van der Waals surface area (Å²) >= 11 is 1.88. The van der Waals surface area contributed by atoms with E-state index < -0.39 is 0 Å². The van der Waals surface area contributed by atoms with Gasteiger partial charge in [-0.2, -0.15) is 0 Å². The van der Waals surface area contributed by atoms with E-state index in [2.05, 4.69) is 19.2 Å². The van der Waals surface area contributed by atoms with Crippen LogP contribution in [0.5, 0.6) is 0 Å². The van der Waals surface area contributed by atoms with Crippen LogP contribution < -0.4 is 0 Å². The molecule has 0 aromatic carbocycles. The highest BCUT2D eigenvalue weighted by Gasteiger charge is 2.02. The van der Waals surface area contributed by atoms with Crippen LogP contribution in [-0.2, 0) is 12.8 Å². The molecule has 0 aliphatic heterocycles. The zero-order valence-electron chi connectivity index (χ0n) is 14.3. The molecule has 122 valence electrons. The average Bonchev–Trinajstić information content (AvgIpc) is 2.94. The van der Waals surface area contributed by atoms with E-state index in [-0.39, 0.29) is 0 Å². The molecule has 0 amide bonds. The predicted octanol–water partition coefficient (Wildman–Crippen LogP) is 6.95. The normalized spacial score (nSPS) is 11.1. The fourth-order valence-corrected chi connectivity index (χ4v) is 3.60. The second kappa shape index (κ2) is 13.3. The predicted molar refractivity (Wildman–Crippen MR) is 96.3 cm³/mol. The van der Waals surface area contributed by atoms with Gasteiger partial charge in [0.15, 0.2) is 0 Å². The van der Waals surface area contributed by atoms with E-state index in [0.29, 0.717) is 0 Å².